The van der Waals surface area contributed by atoms with Crippen LogP contribution in [0.5, 0.6) is 5.75 Å². The molecule has 31 heavy (non-hydrogen) atoms. The minimum atomic E-state index is -5.07. The van der Waals surface area contributed by atoms with Crippen molar-refractivity contribution in [1.29, 1.82) is 5.26 Å². The van der Waals surface area contributed by atoms with Gasteiger partial charge in [0.05, 0.1) is 30.7 Å². The van der Waals surface area contributed by atoms with Gasteiger partial charge in [0, 0.05) is 28.8 Å². The summed E-state index contributed by atoms with van der Waals surface area (Å²) in [5, 5.41) is 23.5. The molecule has 4 rings (SSSR count). The lowest BCUT2D eigenvalue weighted by Gasteiger charge is -2.38. The van der Waals surface area contributed by atoms with Gasteiger partial charge in [-0.15, -0.1) is 0 Å². The molecule has 1 aromatic heterocycles. The SMILES string of the molecule is Cc1ccc2c(NC(c3cccc4c3OCC4)C(O)(CC#N)C(F)(F)F)cccc2n1. The third-order valence-corrected chi connectivity index (χ3v) is 5.54. The molecule has 5 nitrogen and oxygen atoms in total. The van der Waals surface area contributed by atoms with Crippen molar-refractivity contribution in [2.75, 3.05) is 11.9 Å². The average Bonchev–Trinajstić information content (AvgIpc) is 3.20. The second kappa shape index (κ2) is 7.75. The van der Waals surface area contributed by atoms with Gasteiger partial charge < -0.3 is 15.2 Å². The number of nitriles is 1. The van der Waals surface area contributed by atoms with Crippen molar-refractivity contribution in [1.82, 2.24) is 4.98 Å². The fourth-order valence-corrected chi connectivity index (χ4v) is 3.95. The number of aryl methyl sites for hydroxylation is 1. The topological polar surface area (TPSA) is 78.2 Å². The van der Waals surface area contributed by atoms with Crippen molar-refractivity contribution >= 4 is 16.6 Å². The number of aromatic nitrogens is 1. The molecule has 1 aliphatic rings. The third-order valence-electron chi connectivity index (χ3n) is 5.54. The van der Waals surface area contributed by atoms with E-state index in [4.69, 9.17) is 10.00 Å². The number of halogens is 3. The molecule has 8 heteroatoms. The van der Waals surface area contributed by atoms with Gasteiger partial charge in [0.1, 0.15) is 5.75 Å². The molecule has 2 unspecified atom stereocenters. The van der Waals surface area contributed by atoms with E-state index in [0.29, 0.717) is 35.4 Å². The van der Waals surface area contributed by atoms with E-state index in [1.54, 1.807) is 42.5 Å². The predicted molar refractivity (Wildman–Crippen MR) is 110 cm³/mol. The van der Waals surface area contributed by atoms with Crippen LogP contribution in [0.15, 0.2) is 48.5 Å². The van der Waals surface area contributed by atoms with E-state index in [2.05, 4.69) is 10.3 Å². The van der Waals surface area contributed by atoms with Gasteiger partial charge in [-0.2, -0.15) is 18.4 Å². The summed E-state index contributed by atoms with van der Waals surface area (Å²) < 4.78 is 48.1. The van der Waals surface area contributed by atoms with Crippen molar-refractivity contribution in [2.24, 2.45) is 0 Å². The number of nitrogens with zero attached hydrogens (tertiary/aromatic N) is 2. The molecule has 1 aliphatic heterocycles. The first-order chi connectivity index (χ1) is 14.7. The number of rotatable bonds is 5. The summed E-state index contributed by atoms with van der Waals surface area (Å²) in [4.78, 5) is 4.42. The van der Waals surface area contributed by atoms with Crippen molar-refractivity contribution in [2.45, 2.75) is 37.6 Å². The first-order valence-corrected chi connectivity index (χ1v) is 9.78. The standard InChI is InChI=1S/C23H20F3N3O2/c1-14-8-9-16-18(28-14)6-3-7-19(16)29-21(22(30,11-12-27)23(24,25)26)17-5-2-4-15-10-13-31-20(15)17/h2-9,21,29-30H,10-11,13H2,1H3. The maximum atomic E-state index is 14.2. The predicted octanol–water partition coefficient (Wildman–Crippen LogP) is 4.84. The van der Waals surface area contributed by atoms with Crippen LogP contribution in [0, 0.1) is 18.3 Å². The van der Waals surface area contributed by atoms with Crippen LogP contribution in [0.1, 0.15) is 29.3 Å². The zero-order valence-corrected chi connectivity index (χ0v) is 16.7. The number of nitrogens with one attached hydrogen (secondary N) is 1. The first-order valence-electron chi connectivity index (χ1n) is 9.78. The highest BCUT2D eigenvalue weighted by molar-refractivity contribution is 5.91. The van der Waals surface area contributed by atoms with Crippen molar-refractivity contribution in [3.63, 3.8) is 0 Å². The maximum Gasteiger partial charge on any atom is 0.420 e. The lowest BCUT2D eigenvalue weighted by atomic mass is 9.84. The minimum absolute atomic E-state index is 0.155. The molecule has 0 bridgehead atoms. The van der Waals surface area contributed by atoms with Crippen LogP contribution >= 0.6 is 0 Å². The van der Waals surface area contributed by atoms with E-state index in [1.807, 2.05) is 6.92 Å². The molecule has 2 aromatic carbocycles. The summed E-state index contributed by atoms with van der Waals surface area (Å²) in [6, 6.07) is 13.3. The monoisotopic (exact) mass is 427 g/mol. The van der Waals surface area contributed by atoms with E-state index in [9.17, 15) is 18.3 Å². The smallest absolute Gasteiger partial charge is 0.420 e. The third kappa shape index (κ3) is 3.66. The van der Waals surface area contributed by atoms with Crippen molar-refractivity contribution in [3.05, 3.63) is 65.4 Å². The molecule has 0 aliphatic carbocycles. The zero-order chi connectivity index (χ0) is 22.2. The van der Waals surface area contributed by atoms with E-state index in [0.717, 1.165) is 11.3 Å². The van der Waals surface area contributed by atoms with Crippen LogP contribution in [0.3, 0.4) is 0 Å². The Kier molecular flexibility index (Phi) is 5.23. The van der Waals surface area contributed by atoms with Crippen LogP contribution in [0.25, 0.3) is 10.9 Å². The largest absolute Gasteiger partial charge is 0.493 e. The molecule has 0 radical (unpaired) electrons. The number of hydrogen-bond donors (Lipinski definition) is 2. The molecule has 3 aromatic rings. The highest BCUT2D eigenvalue weighted by Crippen LogP contribution is 2.48. The number of hydrogen-bond acceptors (Lipinski definition) is 5. The Morgan fingerprint density at radius 3 is 2.71 bits per heavy atom. The van der Waals surface area contributed by atoms with E-state index >= 15 is 0 Å². The van der Waals surface area contributed by atoms with Gasteiger partial charge >= 0.3 is 6.18 Å². The Morgan fingerprint density at radius 1 is 1.19 bits per heavy atom. The van der Waals surface area contributed by atoms with E-state index in [1.165, 1.54) is 12.1 Å². The van der Waals surface area contributed by atoms with Gasteiger partial charge in [-0.05, 0) is 36.8 Å². The van der Waals surface area contributed by atoms with E-state index < -0.39 is 24.2 Å². The summed E-state index contributed by atoms with van der Waals surface area (Å²) in [6.07, 6.45) is -5.64. The Bertz CT molecular complexity index is 1170. The molecule has 160 valence electrons. The summed E-state index contributed by atoms with van der Waals surface area (Å²) in [7, 11) is 0. The molecule has 0 saturated carbocycles. The lowest BCUT2D eigenvalue weighted by molar-refractivity contribution is -0.264. The Balaban J connectivity index is 1.90. The van der Waals surface area contributed by atoms with Gasteiger partial charge in [-0.3, -0.25) is 4.98 Å². The summed E-state index contributed by atoms with van der Waals surface area (Å²) in [5.41, 5.74) is -0.682. The number of fused-ring (bicyclic) bond motifs is 2. The van der Waals surface area contributed by atoms with Crippen LogP contribution in [-0.2, 0) is 6.42 Å². The average molecular weight is 427 g/mol. The maximum absolute atomic E-state index is 14.2. The quantitative estimate of drug-likeness (QED) is 0.609. The van der Waals surface area contributed by atoms with Gasteiger partial charge in [0.15, 0.2) is 5.60 Å². The second-order valence-electron chi connectivity index (χ2n) is 7.59. The highest BCUT2D eigenvalue weighted by atomic mass is 19.4. The molecular formula is C23H20F3N3O2. The van der Waals surface area contributed by atoms with Gasteiger partial charge in [-0.25, -0.2) is 0 Å². The fourth-order valence-electron chi connectivity index (χ4n) is 3.95. The number of para-hydroxylation sites is 1. The Labute approximate surface area is 177 Å². The Hall–Kier alpha value is -3.31. The number of anilines is 1. The summed E-state index contributed by atoms with van der Waals surface area (Å²) in [5.74, 6) is 0.315. The minimum Gasteiger partial charge on any atom is -0.493 e. The zero-order valence-electron chi connectivity index (χ0n) is 16.7. The first kappa shape index (κ1) is 20.9. The van der Waals surface area contributed by atoms with Crippen LogP contribution in [0.2, 0.25) is 0 Å². The normalized spacial score (nSPS) is 16.1. The van der Waals surface area contributed by atoms with Gasteiger partial charge in [0.25, 0.3) is 0 Å². The number of benzene rings is 2. The van der Waals surface area contributed by atoms with Crippen molar-refractivity contribution in [3.8, 4) is 11.8 Å². The lowest BCUT2D eigenvalue weighted by Crippen LogP contribution is -2.52. The number of alkyl halides is 3. The summed E-state index contributed by atoms with van der Waals surface area (Å²) >= 11 is 0. The van der Waals surface area contributed by atoms with Crippen LogP contribution in [-0.4, -0.2) is 28.5 Å². The van der Waals surface area contributed by atoms with Gasteiger partial charge in [-0.1, -0.05) is 24.3 Å². The van der Waals surface area contributed by atoms with Crippen LogP contribution < -0.4 is 10.1 Å². The molecule has 0 spiro atoms. The number of aliphatic hydroxyl groups is 1. The molecule has 0 saturated heterocycles. The number of pyridine rings is 1. The van der Waals surface area contributed by atoms with Crippen molar-refractivity contribution < 1.29 is 23.0 Å². The van der Waals surface area contributed by atoms with Crippen LogP contribution in [0.4, 0.5) is 18.9 Å². The summed E-state index contributed by atoms with van der Waals surface area (Å²) in [6.45, 7) is 2.17. The molecular weight excluding hydrogens is 407 g/mol. The Morgan fingerprint density at radius 2 is 1.97 bits per heavy atom. The number of ether oxygens (including phenoxy) is 1. The molecule has 2 N–H and O–H groups in total. The van der Waals surface area contributed by atoms with E-state index in [-0.39, 0.29) is 5.56 Å². The van der Waals surface area contributed by atoms with Gasteiger partial charge in [0.2, 0.25) is 0 Å². The second-order valence-corrected chi connectivity index (χ2v) is 7.59. The molecule has 0 amide bonds. The highest BCUT2D eigenvalue weighted by Gasteiger charge is 2.60. The molecule has 2 heterocycles. The molecule has 0 fully saturated rings. The molecule has 2 atom stereocenters. The fraction of sp³-hybridized carbons (Fsp3) is 0.304.